The number of halogens is 1. The van der Waals surface area contributed by atoms with Crippen LogP contribution in [0.25, 0.3) is 22.2 Å². The van der Waals surface area contributed by atoms with Gasteiger partial charge in [-0.2, -0.15) is 0 Å². The molecule has 0 bridgehead atoms. The maximum absolute atomic E-state index is 14.6. The van der Waals surface area contributed by atoms with E-state index in [0.29, 0.717) is 10.9 Å². The fraction of sp³-hybridized carbons (Fsp3) is 0.250. The van der Waals surface area contributed by atoms with E-state index in [9.17, 15) is 9.18 Å². The number of aliphatic carboxylic acids is 1. The highest BCUT2D eigenvalue weighted by Gasteiger charge is 2.16. The number of ether oxygens (including phenoxy) is 1. The molecular weight excluding hydrogens is 321 g/mol. The van der Waals surface area contributed by atoms with Gasteiger partial charge in [-0.15, -0.1) is 0 Å². The Bertz CT molecular complexity index is 938. The molecule has 1 heterocycles. The van der Waals surface area contributed by atoms with Crippen LogP contribution < -0.4 is 4.74 Å². The number of hydrogen-bond donors (Lipinski definition) is 2. The van der Waals surface area contributed by atoms with Crippen molar-refractivity contribution in [1.29, 1.82) is 0 Å². The van der Waals surface area contributed by atoms with Gasteiger partial charge in [-0.3, -0.25) is 0 Å². The summed E-state index contributed by atoms with van der Waals surface area (Å²) >= 11 is 0. The lowest BCUT2D eigenvalue weighted by Gasteiger charge is -2.19. The number of benzene rings is 2. The van der Waals surface area contributed by atoms with Gasteiger partial charge in [-0.05, 0) is 40.8 Å². The highest BCUT2D eigenvalue weighted by molar-refractivity contribution is 5.87. The van der Waals surface area contributed by atoms with Gasteiger partial charge in [0.05, 0.1) is 0 Å². The van der Waals surface area contributed by atoms with Crippen molar-refractivity contribution in [3.63, 3.8) is 0 Å². The first-order chi connectivity index (χ1) is 11.8. The quantitative estimate of drug-likeness (QED) is 0.721. The predicted octanol–water partition coefficient (Wildman–Crippen LogP) is 4.73. The van der Waals surface area contributed by atoms with Crippen LogP contribution in [0.15, 0.2) is 42.5 Å². The standard InChI is InChI=1S/C20H20FNO3/c1-20(2,3)13-6-4-5-12(9-13)16-10-14-15(22-16)7-8-17(19(14)21)25-11-18(23)24/h4-10,22H,11H2,1-3H3,(H,23,24). The molecule has 5 heteroatoms. The molecule has 0 saturated heterocycles. The smallest absolute Gasteiger partial charge is 0.341 e. The average molecular weight is 341 g/mol. The van der Waals surface area contributed by atoms with E-state index < -0.39 is 18.4 Å². The van der Waals surface area contributed by atoms with E-state index in [-0.39, 0.29) is 11.2 Å². The Morgan fingerprint density at radius 2 is 1.96 bits per heavy atom. The highest BCUT2D eigenvalue weighted by atomic mass is 19.1. The number of aromatic nitrogens is 1. The van der Waals surface area contributed by atoms with Crippen LogP contribution in [-0.4, -0.2) is 22.7 Å². The van der Waals surface area contributed by atoms with Crippen molar-refractivity contribution in [1.82, 2.24) is 4.98 Å². The number of carbonyl (C=O) groups is 1. The second-order valence-electron chi connectivity index (χ2n) is 7.04. The fourth-order valence-corrected chi connectivity index (χ4v) is 2.71. The molecule has 3 aromatic rings. The van der Waals surface area contributed by atoms with Crippen LogP contribution in [0.5, 0.6) is 5.75 Å². The van der Waals surface area contributed by atoms with Crippen molar-refractivity contribution in [2.24, 2.45) is 0 Å². The van der Waals surface area contributed by atoms with Crippen LogP contribution in [0.3, 0.4) is 0 Å². The molecule has 0 aliphatic rings. The van der Waals surface area contributed by atoms with Crippen LogP contribution >= 0.6 is 0 Å². The van der Waals surface area contributed by atoms with Gasteiger partial charge in [0, 0.05) is 16.6 Å². The second-order valence-corrected chi connectivity index (χ2v) is 7.04. The first kappa shape index (κ1) is 17.0. The number of fused-ring (bicyclic) bond motifs is 1. The normalized spacial score (nSPS) is 11.7. The summed E-state index contributed by atoms with van der Waals surface area (Å²) in [6.45, 7) is 5.85. The lowest BCUT2D eigenvalue weighted by molar-refractivity contribution is -0.139. The minimum absolute atomic E-state index is 0.0190. The first-order valence-electron chi connectivity index (χ1n) is 8.02. The summed E-state index contributed by atoms with van der Waals surface area (Å²) in [5, 5.41) is 9.04. The molecule has 130 valence electrons. The Morgan fingerprint density at radius 1 is 1.20 bits per heavy atom. The maximum atomic E-state index is 14.6. The number of H-pyrrole nitrogens is 1. The molecule has 3 rings (SSSR count). The monoisotopic (exact) mass is 341 g/mol. The molecular formula is C20H20FNO3. The summed E-state index contributed by atoms with van der Waals surface area (Å²) in [6.07, 6.45) is 0. The van der Waals surface area contributed by atoms with Gasteiger partial charge >= 0.3 is 5.97 Å². The van der Waals surface area contributed by atoms with Gasteiger partial charge < -0.3 is 14.8 Å². The molecule has 2 aromatic carbocycles. The van der Waals surface area contributed by atoms with E-state index in [1.807, 2.05) is 12.1 Å². The number of carboxylic acids is 1. The zero-order valence-electron chi connectivity index (χ0n) is 14.4. The molecule has 0 spiro atoms. The van der Waals surface area contributed by atoms with E-state index >= 15 is 0 Å². The van der Waals surface area contributed by atoms with Crippen LogP contribution in [0.2, 0.25) is 0 Å². The van der Waals surface area contributed by atoms with Crippen LogP contribution in [0, 0.1) is 5.82 Å². The van der Waals surface area contributed by atoms with Gasteiger partial charge in [-0.25, -0.2) is 9.18 Å². The zero-order chi connectivity index (χ0) is 18.2. The Hall–Kier alpha value is -2.82. The molecule has 0 atom stereocenters. The molecule has 0 fully saturated rings. The summed E-state index contributed by atoms with van der Waals surface area (Å²) < 4.78 is 19.6. The van der Waals surface area contributed by atoms with Crippen LogP contribution in [0.4, 0.5) is 4.39 Å². The van der Waals surface area contributed by atoms with Crippen molar-refractivity contribution in [3.8, 4) is 17.0 Å². The summed E-state index contributed by atoms with van der Waals surface area (Å²) in [5.41, 5.74) is 3.61. The largest absolute Gasteiger partial charge is 0.479 e. The molecule has 0 aliphatic heterocycles. The lowest BCUT2D eigenvalue weighted by Crippen LogP contribution is -2.10. The summed E-state index contributed by atoms with van der Waals surface area (Å²) in [6, 6.07) is 13.0. The first-order valence-corrected chi connectivity index (χ1v) is 8.02. The summed E-state index contributed by atoms with van der Waals surface area (Å²) in [5.74, 6) is -1.77. The number of hydrogen-bond acceptors (Lipinski definition) is 2. The second kappa shape index (κ2) is 6.24. The predicted molar refractivity (Wildman–Crippen MR) is 95.5 cm³/mol. The number of carboxylic acid groups (broad SMARTS) is 1. The topological polar surface area (TPSA) is 62.3 Å². The molecule has 0 amide bonds. The third-order valence-electron chi connectivity index (χ3n) is 4.09. The minimum Gasteiger partial charge on any atom is -0.479 e. The van der Waals surface area contributed by atoms with E-state index in [2.05, 4.69) is 37.9 Å². The van der Waals surface area contributed by atoms with E-state index in [1.54, 1.807) is 12.1 Å². The van der Waals surface area contributed by atoms with Crippen LogP contribution in [-0.2, 0) is 10.2 Å². The number of nitrogens with one attached hydrogen (secondary N) is 1. The Labute approximate surface area is 145 Å². The third-order valence-corrected chi connectivity index (χ3v) is 4.09. The van der Waals surface area contributed by atoms with Crippen molar-refractivity contribution in [3.05, 3.63) is 53.8 Å². The molecule has 0 aliphatic carbocycles. The van der Waals surface area contributed by atoms with Gasteiger partial charge in [0.1, 0.15) is 0 Å². The molecule has 0 unspecified atom stereocenters. The van der Waals surface area contributed by atoms with Gasteiger partial charge in [-0.1, -0.05) is 39.0 Å². The van der Waals surface area contributed by atoms with Gasteiger partial charge in [0.25, 0.3) is 0 Å². The Morgan fingerprint density at radius 3 is 2.64 bits per heavy atom. The van der Waals surface area contributed by atoms with Crippen molar-refractivity contribution in [2.45, 2.75) is 26.2 Å². The molecule has 0 saturated carbocycles. The average Bonchev–Trinajstić information content (AvgIpc) is 2.98. The summed E-state index contributed by atoms with van der Waals surface area (Å²) in [7, 11) is 0. The Kier molecular flexibility index (Phi) is 4.25. The van der Waals surface area contributed by atoms with E-state index in [4.69, 9.17) is 9.84 Å². The SMILES string of the molecule is CC(C)(C)c1cccc(-c2cc3c(F)c(OCC(=O)O)ccc3[nH]2)c1. The molecule has 1 aromatic heterocycles. The van der Waals surface area contributed by atoms with Crippen molar-refractivity contribution >= 4 is 16.9 Å². The number of rotatable bonds is 4. The molecule has 0 radical (unpaired) electrons. The van der Waals surface area contributed by atoms with Crippen molar-refractivity contribution < 1.29 is 19.0 Å². The van der Waals surface area contributed by atoms with Gasteiger partial charge in [0.15, 0.2) is 18.2 Å². The maximum Gasteiger partial charge on any atom is 0.341 e. The Balaban J connectivity index is 2.02. The van der Waals surface area contributed by atoms with E-state index in [0.717, 1.165) is 11.3 Å². The van der Waals surface area contributed by atoms with Crippen molar-refractivity contribution in [2.75, 3.05) is 6.61 Å². The fourth-order valence-electron chi connectivity index (χ4n) is 2.71. The van der Waals surface area contributed by atoms with Crippen LogP contribution in [0.1, 0.15) is 26.3 Å². The molecule has 4 nitrogen and oxygen atoms in total. The lowest BCUT2D eigenvalue weighted by atomic mass is 9.86. The highest BCUT2D eigenvalue weighted by Crippen LogP contribution is 2.32. The third kappa shape index (κ3) is 3.50. The van der Waals surface area contributed by atoms with Gasteiger partial charge in [0.2, 0.25) is 0 Å². The zero-order valence-corrected chi connectivity index (χ0v) is 14.4. The molecule has 2 N–H and O–H groups in total. The minimum atomic E-state index is -1.15. The van der Waals surface area contributed by atoms with E-state index in [1.165, 1.54) is 11.6 Å². The summed E-state index contributed by atoms with van der Waals surface area (Å²) in [4.78, 5) is 13.8. The number of aromatic amines is 1. The molecule has 25 heavy (non-hydrogen) atoms.